The van der Waals surface area contributed by atoms with Gasteiger partial charge in [0.15, 0.2) is 0 Å². The van der Waals surface area contributed by atoms with E-state index in [4.69, 9.17) is 4.98 Å². The van der Waals surface area contributed by atoms with Crippen molar-refractivity contribution in [1.29, 1.82) is 5.26 Å². The smallest absolute Gasteiger partial charge is 0.323 e. The number of anilines is 3. The Hall–Kier alpha value is -4.22. The largest absolute Gasteiger partial charge is 0.336 e. The van der Waals surface area contributed by atoms with Crippen molar-refractivity contribution in [3.63, 3.8) is 0 Å². The van der Waals surface area contributed by atoms with E-state index in [2.05, 4.69) is 44.9 Å². The molecule has 0 bridgehead atoms. The number of nitrogens with one attached hydrogen (secondary N) is 2. The zero-order valence-corrected chi connectivity index (χ0v) is 19.5. The summed E-state index contributed by atoms with van der Waals surface area (Å²) in [5, 5.41) is 17.2. The number of carbonyl (C=O) groups is 1. The molecule has 2 amide bonds. The van der Waals surface area contributed by atoms with Gasteiger partial charge >= 0.3 is 6.03 Å². The van der Waals surface area contributed by atoms with Crippen molar-refractivity contribution in [1.82, 2.24) is 20.3 Å². The van der Waals surface area contributed by atoms with Crippen LogP contribution in [0.15, 0.2) is 60.9 Å². The predicted octanol–water partition coefficient (Wildman–Crippen LogP) is 5.14. The van der Waals surface area contributed by atoms with E-state index in [0.29, 0.717) is 42.0 Å². The van der Waals surface area contributed by atoms with E-state index < -0.39 is 0 Å². The summed E-state index contributed by atoms with van der Waals surface area (Å²) in [6.07, 6.45) is 5.68. The van der Waals surface area contributed by atoms with E-state index in [-0.39, 0.29) is 18.4 Å². The molecule has 0 unspecified atom stereocenters. The molecule has 2 N–H and O–H groups in total. The summed E-state index contributed by atoms with van der Waals surface area (Å²) in [4.78, 5) is 27.7. The Morgan fingerprint density at radius 2 is 1.89 bits per heavy atom. The summed E-state index contributed by atoms with van der Waals surface area (Å²) in [5.41, 5.74) is 3.56. The highest BCUT2D eigenvalue weighted by molar-refractivity contribution is 6.03. The molecule has 4 heterocycles. The first-order chi connectivity index (χ1) is 16.7. The lowest BCUT2D eigenvalue weighted by Gasteiger charge is -2.16. The van der Waals surface area contributed by atoms with Crippen LogP contribution in [0.5, 0.6) is 0 Å². The number of carbonyl (C=O) groups excluding carboxylic acids is 1. The summed E-state index contributed by atoms with van der Waals surface area (Å²) >= 11 is 0. The topological polar surface area (TPSA) is 107 Å². The number of aromatic nitrogens is 3. The predicted molar refractivity (Wildman–Crippen MR) is 137 cm³/mol. The van der Waals surface area contributed by atoms with Crippen molar-refractivity contribution < 1.29 is 4.79 Å². The molecule has 1 aromatic carbocycles. The Kier molecular flexibility index (Phi) is 5.93. The molecule has 6 rings (SSSR count). The van der Waals surface area contributed by atoms with Gasteiger partial charge in [0, 0.05) is 36.4 Å². The summed E-state index contributed by atoms with van der Waals surface area (Å²) in [6.45, 7) is 1.20. The number of halogens is 1. The van der Waals surface area contributed by atoms with Crippen LogP contribution in [0.3, 0.4) is 0 Å². The average molecular weight is 484 g/mol. The first-order valence-corrected chi connectivity index (χ1v) is 11.3. The van der Waals surface area contributed by atoms with Crippen molar-refractivity contribution >= 4 is 46.7 Å². The Morgan fingerprint density at radius 3 is 2.66 bits per heavy atom. The van der Waals surface area contributed by atoms with Crippen LogP contribution < -0.4 is 15.5 Å². The molecule has 174 valence electrons. The normalized spacial score (nSPS) is 14.8. The third kappa shape index (κ3) is 4.46. The maximum Gasteiger partial charge on any atom is 0.323 e. The van der Waals surface area contributed by atoms with Crippen molar-refractivity contribution in [3.8, 4) is 17.3 Å². The van der Waals surface area contributed by atoms with Gasteiger partial charge in [-0.25, -0.2) is 19.7 Å². The summed E-state index contributed by atoms with van der Waals surface area (Å²) in [5.74, 6) is 2.46. The zero-order chi connectivity index (χ0) is 23.1. The molecule has 2 fully saturated rings. The number of urea groups is 1. The molecule has 1 saturated carbocycles. The number of hydrogen-bond acceptors (Lipinski definition) is 6. The monoisotopic (exact) mass is 483 g/mol. The molecule has 35 heavy (non-hydrogen) atoms. The van der Waals surface area contributed by atoms with Gasteiger partial charge in [0.1, 0.15) is 17.5 Å². The molecule has 9 heteroatoms. The van der Waals surface area contributed by atoms with Crippen LogP contribution in [-0.4, -0.2) is 34.1 Å². The molecule has 2 aliphatic rings. The molecule has 1 aliphatic heterocycles. The first-order valence-electron chi connectivity index (χ1n) is 11.3. The van der Waals surface area contributed by atoms with Crippen LogP contribution in [0.4, 0.5) is 22.2 Å². The van der Waals surface area contributed by atoms with Gasteiger partial charge in [-0.05, 0) is 66.1 Å². The Balaban J connectivity index is 0.00000253. The molecule has 4 aromatic rings. The minimum Gasteiger partial charge on any atom is -0.336 e. The van der Waals surface area contributed by atoms with E-state index in [1.807, 2.05) is 18.2 Å². The second-order valence-electron chi connectivity index (χ2n) is 8.57. The number of nitrogens with zero attached hydrogens (tertiary/aromatic N) is 5. The third-order valence-corrected chi connectivity index (χ3v) is 6.19. The van der Waals surface area contributed by atoms with E-state index in [1.165, 1.54) is 18.4 Å². The number of hydrogen-bond donors (Lipinski definition) is 2. The highest BCUT2D eigenvalue weighted by Crippen LogP contribution is 2.42. The van der Waals surface area contributed by atoms with Crippen LogP contribution in [0.1, 0.15) is 29.9 Å². The minimum absolute atomic E-state index is 0. The van der Waals surface area contributed by atoms with E-state index >= 15 is 0 Å². The lowest BCUT2D eigenvalue weighted by molar-refractivity contribution is 0.252. The van der Waals surface area contributed by atoms with E-state index in [0.717, 1.165) is 22.0 Å². The van der Waals surface area contributed by atoms with Crippen molar-refractivity contribution in [2.75, 3.05) is 23.3 Å². The van der Waals surface area contributed by atoms with Gasteiger partial charge in [-0.15, -0.1) is 12.4 Å². The maximum atomic E-state index is 12.3. The number of pyridine rings is 3. The summed E-state index contributed by atoms with van der Waals surface area (Å²) in [6, 6.07) is 17.7. The van der Waals surface area contributed by atoms with Crippen molar-refractivity contribution in [2.24, 2.45) is 0 Å². The fourth-order valence-corrected chi connectivity index (χ4v) is 4.32. The highest BCUT2D eigenvalue weighted by atomic mass is 35.5. The van der Waals surface area contributed by atoms with Crippen molar-refractivity contribution in [2.45, 2.75) is 18.8 Å². The molecule has 0 atom stereocenters. The maximum absolute atomic E-state index is 12.3. The number of nitriles is 1. The number of benzene rings is 1. The Morgan fingerprint density at radius 1 is 1.03 bits per heavy atom. The van der Waals surface area contributed by atoms with Gasteiger partial charge in [0.2, 0.25) is 0 Å². The summed E-state index contributed by atoms with van der Waals surface area (Å²) < 4.78 is 0. The second kappa shape index (κ2) is 9.20. The van der Waals surface area contributed by atoms with Crippen LogP contribution in [0.2, 0.25) is 0 Å². The number of fused-ring (bicyclic) bond motifs is 1. The van der Waals surface area contributed by atoms with Gasteiger partial charge in [-0.3, -0.25) is 4.90 Å². The number of amides is 2. The van der Waals surface area contributed by atoms with E-state index in [9.17, 15) is 10.1 Å². The Labute approximate surface area is 208 Å². The van der Waals surface area contributed by atoms with Crippen LogP contribution >= 0.6 is 12.4 Å². The fourth-order valence-electron chi connectivity index (χ4n) is 4.32. The molecular formula is C26H22ClN7O. The zero-order valence-electron chi connectivity index (χ0n) is 18.7. The van der Waals surface area contributed by atoms with Gasteiger partial charge in [0.05, 0.1) is 17.3 Å². The van der Waals surface area contributed by atoms with Gasteiger partial charge in [-0.2, -0.15) is 5.26 Å². The summed E-state index contributed by atoms with van der Waals surface area (Å²) in [7, 11) is 0. The number of rotatable bonds is 5. The first kappa shape index (κ1) is 22.6. The van der Waals surface area contributed by atoms with Gasteiger partial charge < -0.3 is 10.6 Å². The molecule has 8 nitrogen and oxygen atoms in total. The Bertz CT molecular complexity index is 1480. The van der Waals surface area contributed by atoms with Crippen molar-refractivity contribution in [3.05, 3.63) is 72.1 Å². The fraction of sp³-hybridized carbons (Fsp3) is 0.192. The quantitative estimate of drug-likeness (QED) is 0.407. The second-order valence-corrected chi connectivity index (χ2v) is 8.57. The highest BCUT2D eigenvalue weighted by Gasteiger charge is 2.26. The molecule has 0 spiro atoms. The lowest BCUT2D eigenvalue weighted by atomic mass is 10.0. The average Bonchev–Trinajstić information content (AvgIpc) is 3.64. The molecule has 0 radical (unpaired) electrons. The molecule has 1 saturated heterocycles. The lowest BCUT2D eigenvalue weighted by Crippen LogP contribution is -2.28. The van der Waals surface area contributed by atoms with Crippen LogP contribution in [0, 0.1) is 11.3 Å². The molecule has 3 aromatic heterocycles. The van der Waals surface area contributed by atoms with Gasteiger partial charge in [-0.1, -0.05) is 12.1 Å². The minimum atomic E-state index is -0.127. The molecule has 1 aliphatic carbocycles. The van der Waals surface area contributed by atoms with Crippen LogP contribution in [-0.2, 0) is 0 Å². The standard InChI is InChI=1S/C26H21N7O.ClH/c27-15-16-5-7-28-23(11-16)32-24-14-20(17-1-2-17)13-22(31-24)19-4-3-18-6-8-29-25(21(18)12-19)33-10-9-30-26(33)34;/h3-8,11-14,17H,1-2,9-10H2,(H,30,34)(H,28,31,32);1H. The SMILES string of the molecule is Cl.N#Cc1ccnc(Nc2cc(C3CC3)cc(-c3ccc4ccnc(N5CCNC5=O)c4c3)n2)c1. The van der Waals surface area contributed by atoms with E-state index in [1.54, 1.807) is 29.4 Å². The van der Waals surface area contributed by atoms with Crippen LogP contribution in [0.25, 0.3) is 22.0 Å². The molecular weight excluding hydrogens is 462 g/mol. The third-order valence-electron chi connectivity index (χ3n) is 6.19. The van der Waals surface area contributed by atoms with Gasteiger partial charge in [0.25, 0.3) is 0 Å².